The fourth-order valence-electron chi connectivity index (χ4n) is 4.26. The average Bonchev–Trinajstić information content (AvgIpc) is 3.39. The maximum absolute atomic E-state index is 5.88. The smallest absolute Gasteiger partial charge is 0.138 e. The average molecular weight is 358 g/mol. The van der Waals surface area contributed by atoms with Crippen LogP contribution in [0.1, 0.15) is 55.8 Å². The fourth-order valence-corrected chi connectivity index (χ4v) is 4.26. The molecule has 0 radical (unpaired) electrons. The van der Waals surface area contributed by atoms with Gasteiger partial charge >= 0.3 is 0 Å². The van der Waals surface area contributed by atoms with Crippen LogP contribution in [0.4, 0.5) is 0 Å². The van der Waals surface area contributed by atoms with E-state index in [1.807, 2.05) is 17.1 Å². The van der Waals surface area contributed by atoms with Gasteiger partial charge in [0.15, 0.2) is 0 Å². The van der Waals surface area contributed by atoms with E-state index in [0.717, 1.165) is 50.8 Å². The monoisotopic (exact) mass is 357 g/mol. The summed E-state index contributed by atoms with van der Waals surface area (Å²) in [5, 5.41) is 4.39. The van der Waals surface area contributed by atoms with Gasteiger partial charge in [-0.1, -0.05) is 0 Å². The first-order valence-electron chi connectivity index (χ1n) is 10.1. The van der Waals surface area contributed by atoms with Gasteiger partial charge in [-0.25, -0.2) is 4.98 Å². The number of rotatable bonds is 6. The van der Waals surface area contributed by atoms with Crippen molar-refractivity contribution >= 4 is 0 Å². The maximum atomic E-state index is 5.88. The van der Waals surface area contributed by atoms with Crippen LogP contribution >= 0.6 is 0 Å². The van der Waals surface area contributed by atoms with Crippen molar-refractivity contribution < 1.29 is 4.74 Å². The highest BCUT2D eigenvalue weighted by atomic mass is 16.5. The normalized spacial score (nSPS) is 22.3. The third kappa shape index (κ3) is 3.86. The van der Waals surface area contributed by atoms with E-state index in [-0.39, 0.29) is 6.10 Å². The van der Waals surface area contributed by atoms with Gasteiger partial charge in [0.05, 0.1) is 6.20 Å². The van der Waals surface area contributed by atoms with E-state index in [1.165, 1.54) is 37.2 Å². The van der Waals surface area contributed by atoms with Crippen LogP contribution in [-0.2, 0) is 24.4 Å². The van der Waals surface area contributed by atoms with Gasteiger partial charge in [0.25, 0.3) is 0 Å². The number of aryl methyl sites for hydroxylation is 2. The van der Waals surface area contributed by atoms with Gasteiger partial charge in [-0.2, -0.15) is 5.10 Å². The summed E-state index contributed by atoms with van der Waals surface area (Å²) in [4.78, 5) is 7.23. The summed E-state index contributed by atoms with van der Waals surface area (Å²) in [6.45, 7) is 10.6. The molecule has 2 aromatic rings. The van der Waals surface area contributed by atoms with Gasteiger partial charge < -0.3 is 9.30 Å². The molecule has 2 aliphatic heterocycles. The van der Waals surface area contributed by atoms with E-state index in [4.69, 9.17) is 4.74 Å². The second-order valence-corrected chi connectivity index (χ2v) is 7.79. The third-order valence-corrected chi connectivity index (χ3v) is 5.87. The second kappa shape index (κ2) is 7.92. The molecule has 1 unspecified atom stereocenters. The molecule has 0 amide bonds. The highest BCUT2D eigenvalue weighted by Gasteiger charge is 2.26. The Morgan fingerprint density at radius 3 is 2.73 bits per heavy atom. The molecular formula is C20H31N5O. The Morgan fingerprint density at radius 2 is 2.04 bits per heavy atom. The first-order valence-corrected chi connectivity index (χ1v) is 10.1. The molecule has 6 heteroatoms. The van der Waals surface area contributed by atoms with Gasteiger partial charge in [0.1, 0.15) is 11.9 Å². The number of nitrogens with zero attached hydrogens (tertiary/aromatic N) is 5. The predicted octanol–water partition coefficient (Wildman–Crippen LogP) is 3.17. The molecule has 4 heterocycles. The summed E-state index contributed by atoms with van der Waals surface area (Å²) in [6.07, 6.45) is 11.2. The molecule has 2 aliphatic rings. The highest BCUT2D eigenvalue weighted by molar-refractivity contribution is 5.08. The predicted molar refractivity (Wildman–Crippen MR) is 101 cm³/mol. The number of imidazole rings is 1. The Bertz CT molecular complexity index is 708. The molecule has 1 atom stereocenters. The molecule has 0 spiro atoms. The van der Waals surface area contributed by atoms with Crippen LogP contribution in [-0.4, -0.2) is 43.9 Å². The molecule has 0 bridgehead atoms. The Labute approximate surface area is 156 Å². The van der Waals surface area contributed by atoms with Gasteiger partial charge in [-0.05, 0) is 58.5 Å². The van der Waals surface area contributed by atoms with Crippen molar-refractivity contribution in [2.45, 2.75) is 65.3 Å². The number of aromatic nitrogens is 4. The molecule has 4 rings (SSSR count). The number of ether oxygens (including phenoxy) is 1. The van der Waals surface area contributed by atoms with Crippen molar-refractivity contribution in [3.8, 4) is 0 Å². The van der Waals surface area contributed by atoms with Crippen molar-refractivity contribution in [1.82, 2.24) is 24.2 Å². The van der Waals surface area contributed by atoms with Crippen LogP contribution < -0.4 is 0 Å². The minimum Gasteiger partial charge on any atom is -0.370 e. The largest absolute Gasteiger partial charge is 0.370 e. The van der Waals surface area contributed by atoms with Crippen molar-refractivity contribution in [3.05, 3.63) is 35.7 Å². The van der Waals surface area contributed by atoms with E-state index in [1.54, 1.807) is 0 Å². The SMILES string of the molecule is CCn1cc(CN2CCC(Cn3c(C)cnc3C3CCCO3)CC2)cn1. The molecular weight excluding hydrogens is 326 g/mol. The van der Waals surface area contributed by atoms with Crippen LogP contribution in [0.5, 0.6) is 0 Å². The summed E-state index contributed by atoms with van der Waals surface area (Å²) < 4.78 is 10.3. The number of hydrogen-bond donors (Lipinski definition) is 0. The summed E-state index contributed by atoms with van der Waals surface area (Å²) >= 11 is 0. The molecule has 2 fully saturated rings. The molecule has 2 aromatic heterocycles. The van der Waals surface area contributed by atoms with Gasteiger partial charge in [0, 0.05) is 49.9 Å². The quantitative estimate of drug-likeness (QED) is 0.797. The Hall–Kier alpha value is -1.66. The molecule has 0 saturated carbocycles. The topological polar surface area (TPSA) is 48.1 Å². The Morgan fingerprint density at radius 1 is 1.19 bits per heavy atom. The Balaban J connectivity index is 1.32. The summed E-state index contributed by atoms with van der Waals surface area (Å²) in [5.41, 5.74) is 2.60. The van der Waals surface area contributed by atoms with Crippen LogP contribution in [0.15, 0.2) is 18.6 Å². The van der Waals surface area contributed by atoms with E-state index in [2.05, 4.69) is 39.6 Å². The van der Waals surface area contributed by atoms with Gasteiger partial charge in [-0.15, -0.1) is 0 Å². The highest BCUT2D eigenvalue weighted by Crippen LogP contribution is 2.30. The van der Waals surface area contributed by atoms with Crippen LogP contribution in [0.3, 0.4) is 0 Å². The Kier molecular flexibility index (Phi) is 5.41. The number of likely N-dealkylation sites (tertiary alicyclic amines) is 1. The van der Waals surface area contributed by atoms with Crippen molar-refractivity contribution in [1.29, 1.82) is 0 Å². The zero-order chi connectivity index (χ0) is 17.9. The lowest BCUT2D eigenvalue weighted by molar-refractivity contribution is 0.0989. The zero-order valence-electron chi connectivity index (χ0n) is 16.1. The molecule has 26 heavy (non-hydrogen) atoms. The van der Waals surface area contributed by atoms with Gasteiger partial charge in [0.2, 0.25) is 0 Å². The minimum atomic E-state index is 0.207. The van der Waals surface area contributed by atoms with Gasteiger partial charge in [-0.3, -0.25) is 9.58 Å². The van der Waals surface area contributed by atoms with Crippen LogP contribution in [0.25, 0.3) is 0 Å². The van der Waals surface area contributed by atoms with E-state index in [9.17, 15) is 0 Å². The first-order chi connectivity index (χ1) is 12.7. The van der Waals surface area contributed by atoms with E-state index >= 15 is 0 Å². The molecule has 142 valence electrons. The third-order valence-electron chi connectivity index (χ3n) is 5.87. The zero-order valence-corrected chi connectivity index (χ0v) is 16.1. The molecule has 0 aromatic carbocycles. The maximum Gasteiger partial charge on any atom is 0.138 e. The van der Waals surface area contributed by atoms with Crippen molar-refractivity contribution in [2.24, 2.45) is 5.92 Å². The van der Waals surface area contributed by atoms with Crippen molar-refractivity contribution in [2.75, 3.05) is 19.7 Å². The lowest BCUT2D eigenvalue weighted by Gasteiger charge is -2.32. The van der Waals surface area contributed by atoms with Crippen LogP contribution in [0, 0.1) is 12.8 Å². The lowest BCUT2D eigenvalue weighted by Crippen LogP contribution is -2.34. The van der Waals surface area contributed by atoms with Crippen molar-refractivity contribution in [3.63, 3.8) is 0 Å². The fraction of sp³-hybridized carbons (Fsp3) is 0.700. The standard InChI is InChI=1S/C20H31N5O/c1-3-24-14-18(12-22-24)13-23-8-6-17(7-9-23)15-25-16(2)11-21-20(25)19-5-4-10-26-19/h11-12,14,17,19H,3-10,13,15H2,1-2H3. The number of hydrogen-bond acceptors (Lipinski definition) is 4. The molecule has 0 N–H and O–H groups in total. The molecule has 2 saturated heterocycles. The van der Waals surface area contributed by atoms with E-state index in [0.29, 0.717) is 0 Å². The molecule has 0 aliphatic carbocycles. The summed E-state index contributed by atoms with van der Waals surface area (Å²) in [5.74, 6) is 1.88. The van der Waals surface area contributed by atoms with Crippen LogP contribution in [0.2, 0.25) is 0 Å². The lowest BCUT2D eigenvalue weighted by atomic mass is 9.96. The van der Waals surface area contributed by atoms with E-state index < -0.39 is 0 Å². The minimum absolute atomic E-state index is 0.207. The summed E-state index contributed by atoms with van der Waals surface area (Å²) in [6, 6.07) is 0. The first kappa shape index (κ1) is 17.7. The summed E-state index contributed by atoms with van der Waals surface area (Å²) in [7, 11) is 0. The molecule has 6 nitrogen and oxygen atoms in total. The second-order valence-electron chi connectivity index (χ2n) is 7.79. The number of piperidine rings is 1.